The number of nitrogens with one attached hydrogen (secondary N) is 1. The van der Waals surface area contributed by atoms with Gasteiger partial charge in [-0.15, -0.1) is 0 Å². The van der Waals surface area contributed by atoms with Crippen molar-refractivity contribution in [3.63, 3.8) is 0 Å². The van der Waals surface area contributed by atoms with Crippen LogP contribution in [-0.4, -0.2) is 43.8 Å². The summed E-state index contributed by atoms with van der Waals surface area (Å²) in [5, 5.41) is 3.38. The number of likely N-dealkylation sites (tertiary alicyclic amines) is 1. The highest BCUT2D eigenvalue weighted by atomic mass is 19.4. The van der Waals surface area contributed by atoms with E-state index in [1.807, 2.05) is 0 Å². The summed E-state index contributed by atoms with van der Waals surface area (Å²) >= 11 is 0. The lowest BCUT2D eigenvalue weighted by atomic mass is 9.93. The largest absolute Gasteiger partial charge is 0.391 e. The van der Waals surface area contributed by atoms with Crippen molar-refractivity contribution in [2.75, 3.05) is 32.7 Å². The maximum atomic E-state index is 12.5. The van der Waals surface area contributed by atoms with Gasteiger partial charge in [-0.05, 0) is 70.7 Å². The Bertz CT molecular complexity index is 241. The molecule has 2 saturated heterocycles. The Morgan fingerprint density at radius 1 is 1.11 bits per heavy atom. The average molecular weight is 264 g/mol. The first kappa shape index (κ1) is 14.1. The van der Waals surface area contributed by atoms with Crippen LogP contribution in [0.2, 0.25) is 0 Å². The summed E-state index contributed by atoms with van der Waals surface area (Å²) in [6.07, 6.45) is 0.217. The van der Waals surface area contributed by atoms with Crippen molar-refractivity contribution < 1.29 is 13.2 Å². The number of piperidine rings is 2. The van der Waals surface area contributed by atoms with E-state index in [2.05, 4.69) is 10.2 Å². The van der Waals surface area contributed by atoms with Crippen LogP contribution in [0.5, 0.6) is 0 Å². The molecule has 106 valence electrons. The number of halogens is 3. The summed E-state index contributed by atoms with van der Waals surface area (Å²) in [5.74, 6) is -0.343. The highest BCUT2D eigenvalue weighted by Gasteiger charge is 2.40. The van der Waals surface area contributed by atoms with Crippen molar-refractivity contribution in [1.82, 2.24) is 10.2 Å². The summed E-state index contributed by atoms with van der Waals surface area (Å²) in [5.41, 5.74) is 0. The summed E-state index contributed by atoms with van der Waals surface area (Å²) in [4.78, 5) is 2.21. The van der Waals surface area contributed by atoms with Gasteiger partial charge in [0, 0.05) is 0 Å². The van der Waals surface area contributed by atoms with Gasteiger partial charge in [-0.1, -0.05) is 0 Å². The molecule has 0 aliphatic carbocycles. The molecule has 0 bridgehead atoms. The third-order valence-electron chi connectivity index (χ3n) is 4.30. The van der Waals surface area contributed by atoms with E-state index < -0.39 is 12.1 Å². The lowest BCUT2D eigenvalue weighted by molar-refractivity contribution is -0.185. The van der Waals surface area contributed by atoms with Crippen LogP contribution >= 0.6 is 0 Å². The first-order valence-electron chi connectivity index (χ1n) is 7.05. The lowest BCUT2D eigenvalue weighted by Gasteiger charge is -2.34. The van der Waals surface area contributed by atoms with Crippen LogP contribution in [0.3, 0.4) is 0 Å². The zero-order valence-corrected chi connectivity index (χ0v) is 10.8. The molecular weight excluding hydrogens is 241 g/mol. The van der Waals surface area contributed by atoms with Crippen molar-refractivity contribution in [2.24, 2.45) is 11.8 Å². The maximum absolute atomic E-state index is 12.5. The monoisotopic (exact) mass is 264 g/mol. The number of hydrogen-bond donors (Lipinski definition) is 1. The van der Waals surface area contributed by atoms with E-state index in [0.717, 1.165) is 32.0 Å². The number of hydrogen-bond acceptors (Lipinski definition) is 2. The second kappa shape index (κ2) is 6.24. The number of alkyl halides is 3. The molecule has 2 rings (SSSR count). The van der Waals surface area contributed by atoms with Crippen molar-refractivity contribution in [1.29, 1.82) is 0 Å². The second-order valence-corrected chi connectivity index (χ2v) is 5.66. The fourth-order valence-electron chi connectivity index (χ4n) is 3.02. The summed E-state index contributed by atoms with van der Waals surface area (Å²) < 4.78 is 37.6. The molecule has 0 radical (unpaired) electrons. The minimum atomic E-state index is -3.99. The van der Waals surface area contributed by atoms with E-state index in [9.17, 15) is 13.2 Å². The topological polar surface area (TPSA) is 15.3 Å². The quantitative estimate of drug-likeness (QED) is 0.843. The zero-order chi connectivity index (χ0) is 13.0. The molecule has 1 N–H and O–H groups in total. The molecule has 0 aromatic carbocycles. The summed E-state index contributed by atoms with van der Waals surface area (Å²) in [6.45, 7) is 4.40. The summed E-state index contributed by atoms with van der Waals surface area (Å²) in [7, 11) is 0. The van der Waals surface area contributed by atoms with Gasteiger partial charge in [0.2, 0.25) is 0 Å². The Hall–Kier alpha value is -0.290. The Labute approximate surface area is 107 Å². The van der Waals surface area contributed by atoms with E-state index in [1.165, 1.54) is 12.8 Å². The molecule has 0 aromatic rings. The third-order valence-corrected chi connectivity index (χ3v) is 4.30. The van der Waals surface area contributed by atoms with Gasteiger partial charge in [-0.25, -0.2) is 0 Å². The van der Waals surface area contributed by atoms with E-state index >= 15 is 0 Å². The molecule has 1 atom stereocenters. The molecule has 0 spiro atoms. The van der Waals surface area contributed by atoms with E-state index in [4.69, 9.17) is 0 Å². The van der Waals surface area contributed by atoms with Gasteiger partial charge < -0.3 is 10.2 Å². The molecule has 2 nitrogen and oxygen atoms in total. The van der Waals surface area contributed by atoms with Crippen molar-refractivity contribution in [3.05, 3.63) is 0 Å². The van der Waals surface area contributed by atoms with Gasteiger partial charge in [0.05, 0.1) is 5.92 Å². The summed E-state index contributed by atoms with van der Waals surface area (Å²) in [6, 6.07) is 0. The normalized spacial score (nSPS) is 28.5. The van der Waals surface area contributed by atoms with Crippen LogP contribution in [0.15, 0.2) is 0 Å². The highest BCUT2D eigenvalue weighted by Crippen LogP contribution is 2.34. The Balaban J connectivity index is 1.64. The van der Waals surface area contributed by atoms with Gasteiger partial charge in [0.15, 0.2) is 0 Å². The molecule has 18 heavy (non-hydrogen) atoms. The fraction of sp³-hybridized carbons (Fsp3) is 1.00. The van der Waals surface area contributed by atoms with Crippen molar-refractivity contribution in [3.8, 4) is 0 Å². The van der Waals surface area contributed by atoms with Crippen LogP contribution in [0.4, 0.5) is 13.2 Å². The Kier molecular flexibility index (Phi) is 4.90. The van der Waals surface area contributed by atoms with Crippen LogP contribution in [0, 0.1) is 11.8 Å². The van der Waals surface area contributed by atoms with Gasteiger partial charge >= 0.3 is 6.18 Å². The first-order chi connectivity index (χ1) is 8.55. The molecule has 0 amide bonds. The molecule has 5 heteroatoms. The predicted molar refractivity (Wildman–Crippen MR) is 65.4 cm³/mol. The van der Waals surface area contributed by atoms with Crippen molar-refractivity contribution in [2.45, 2.75) is 38.3 Å². The molecule has 0 aromatic heterocycles. The predicted octanol–water partition coefficient (Wildman–Crippen LogP) is 2.65. The van der Waals surface area contributed by atoms with Crippen LogP contribution < -0.4 is 5.32 Å². The van der Waals surface area contributed by atoms with Crippen molar-refractivity contribution >= 4 is 0 Å². The molecular formula is C13H23F3N2. The molecule has 2 aliphatic heterocycles. The Morgan fingerprint density at radius 3 is 2.39 bits per heavy atom. The molecule has 2 aliphatic rings. The SMILES string of the molecule is FC(F)(F)C1CCN(CCC2CCCNC2)CC1. The fourth-order valence-corrected chi connectivity index (χ4v) is 3.02. The minimum absolute atomic E-state index is 0.284. The second-order valence-electron chi connectivity index (χ2n) is 5.66. The Morgan fingerprint density at radius 2 is 1.83 bits per heavy atom. The van der Waals surface area contributed by atoms with Crippen LogP contribution in [0.25, 0.3) is 0 Å². The van der Waals surface area contributed by atoms with Crippen LogP contribution in [-0.2, 0) is 0 Å². The minimum Gasteiger partial charge on any atom is -0.316 e. The standard InChI is InChI=1S/C13H23F3N2/c14-13(15,16)12-4-8-18(9-5-12)7-3-11-2-1-6-17-10-11/h11-12,17H,1-10H2. The van der Waals surface area contributed by atoms with E-state index in [1.54, 1.807) is 0 Å². The zero-order valence-electron chi connectivity index (χ0n) is 10.8. The van der Waals surface area contributed by atoms with Gasteiger partial charge in [0.1, 0.15) is 0 Å². The number of nitrogens with zero attached hydrogens (tertiary/aromatic N) is 1. The smallest absolute Gasteiger partial charge is 0.316 e. The third kappa shape index (κ3) is 4.12. The number of rotatable bonds is 3. The van der Waals surface area contributed by atoms with Gasteiger partial charge in [0.25, 0.3) is 0 Å². The maximum Gasteiger partial charge on any atom is 0.391 e. The van der Waals surface area contributed by atoms with Gasteiger partial charge in [-0.2, -0.15) is 13.2 Å². The van der Waals surface area contributed by atoms with E-state index in [-0.39, 0.29) is 12.8 Å². The molecule has 0 saturated carbocycles. The lowest BCUT2D eigenvalue weighted by Crippen LogP contribution is -2.40. The molecule has 2 fully saturated rings. The highest BCUT2D eigenvalue weighted by molar-refractivity contribution is 4.78. The van der Waals surface area contributed by atoms with Gasteiger partial charge in [-0.3, -0.25) is 0 Å². The van der Waals surface area contributed by atoms with Crippen LogP contribution in [0.1, 0.15) is 32.1 Å². The molecule has 2 heterocycles. The molecule has 1 unspecified atom stereocenters. The average Bonchev–Trinajstić information content (AvgIpc) is 2.37. The first-order valence-corrected chi connectivity index (χ1v) is 7.05. The van der Waals surface area contributed by atoms with E-state index in [0.29, 0.717) is 13.1 Å².